The smallest absolute Gasteiger partial charge is 0.280 e. The molecule has 0 aliphatic carbocycles. The van der Waals surface area contributed by atoms with Crippen LogP contribution in [0.2, 0.25) is 0 Å². The van der Waals surface area contributed by atoms with Crippen molar-refractivity contribution in [1.82, 2.24) is 4.72 Å². The van der Waals surface area contributed by atoms with Gasteiger partial charge in [0.15, 0.2) is 0 Å². The Morgan fingerprint density at radius 2 is 2.38 bits per heavy atom. The number of thioether (sulfide) groups is 1. The Hall–Kier alpha value is -0.410. The molecule has 2 N–H and O–H groups in total. The summed E-state index contributed by atoms with van der Waals surface area (Å²) in [5, 5.41) is 2.18. The number of aliphatic imine (C=N–C) groups is 1. The second-order valence-electron chi connectivity index (χ2n) is 2.86. The van der Waals surface area contributed by atoms with Gasteiger partial charge in [-0.3, -0.25) is 9.55 Å². The summed E-state index contributed by atoms with van der Waals surface area (Å²) >= 11 is 2.76. The topological polar surface area (TPSA) is 78.8 Å². The van der Waals surface area contributed by atoms with E-state index >= 15 is 0 Å². The number of hydrogen-bond acceptors (Lipinski definition) is 5. The van der Waals surface area contributed by atoms with Gasteiger partial charge in [-0.2, -0.15) is 13.1 Å². The molecule has 0 fully saturated rings. The third-order valence-electron chi connectivity index (χ3n) is 1.54. The van der Waals surface area contributed by atoms with Crippen molar-refractivity contribution in [3.05, 3.63) is 22.4 Å². The first-order valence-corrected chi connectivity index (χ1v) is 7.54. The number of thiophene rings is 1. The minimum atomic E-state index is -4.17. The van der Waals surface area contributed by atoms with Crippen LogP contribution in [-0.2, 0) is 10.3 Å². The third-order valence-corrected chi connectivity index (χ3v) is 4.44. The molecule has 0 aliphatic heterocycles. The Kier molecular flexibility index (Phi) is 4.93. The molecule has 8 heteroatoms. The van der Waals surface area contributed by atoms with E-state index in [4.69, 9.17) is 4.55 Å². The van der Waals surface area contributed by atoms with Gasteiger partial charge in [0.25, 0.3) is 0 Å². The molecule has 0 aromatic carbocycles. The highest BCUT2D eigenvalue weighted by molar-refractivity contribution is 8.15. The van der Waals surface area contributed by atoms with Crippen molar-refractivity contribution in [2.45, 2.75) is 12.3 Å². The van der Waals surface area contributed by atoms with Crippen LogP contribution in [0.1, 0.15) is 11.8 Å². The van der Waals surface area contributed by atoms with Gasteiger partial charge in [0, 0.05) is 7.05 Å². The van der Waals surface area contributed by atoms with Crippen molar-refractivity contribution in [3.8, 4) is 0 Å². The Morgan fingerprint density at radius 1 is 1.69 bits per heavy atom. The maximum atomic E-state index is 10.6. The molecule has 1 heterocycles. The van der Waals surface area contributed by atoms with E-state index in [0.717, 1.165) is 9.92 Å². The molecular weight excluding hydrogens is 268 g/mol. The average molecular weight is 280 g/mol. The zero-order valence-electron chi connectivity index (χ0n) is 8.75. The van der Waals surface area contributed by atoms with Crippen molar-refractivity contribution in [1.29, 1.82) is 0 Å². The molecule has 0 radical (unpaired) electrons. The fourth-order valence-corrected chi connectivity index (χ4v) is 3.57. The van der Waals surface area contributed by atoms with E-state index in [2.05, 4.69) is 9.71 Å². The van der Waals surface area contributed by atoms with Gasteiger partial charge in [0.05, 0.1) is 10.3 Å². The molecule has 1 aromatic heterocycles. The van der Waals surface area contributed by atoms with Crippen LogP contribution in [0.25, 0.3) is 0 Å². The summed E-state index contributed by atoms with van der Waals surface area (Å²) in [6.07, 6.45) is 0. The molecular formula is C8H12N2O3S3. The number of rotatable bonds is 4. The van der Waals surface area contributed by atoms with E-state index in [9.17, 15) is 8.42 Å². The second-order valence-corrected chi connectivity index (χ2v) is 6.32. The minimum absolute atomic E-state index is 0.476. The number of nitrogens with one attached hydrogen (secondary N) is 1. The molecule has 1 rings (SSSR count). The summed E-state index contributed by atoms with van der Waals surface area (Å²) in [6.45, 7) is 1.64. The first-order chi connectivity index (χ1) is 7.42. The molecule has 0 aliphatic rings. The van der Waals surface area contributed by atoms with Gasteiger partial charge < -0.3 is 0 Å². The highest BCUT2D eigenvalue weighted by atomic mass is 32.2. The predicted molar refractivity (Wildman–Crippen MR) is 68.5 cm³/mol. The lowest BCUT2D eigenvalue weighted by Crippen LogP contribution is -2.30. The van der Waals surface area contributed by atoms with E-state index < -0.39 is 15.7 Å². The van der Waals surface area contributed by atoms with Crippen LogP contribution in [0.3, 0.4) is 0 Å². The lowest BCUT2D eigenvalue weighted by molar-refractivity contribution is 0.467. The van der Waals surface area contributed by atoms with E-state index in [0.29, 0.717) is 0 Å². The maximum absolute atomic E-state index is 10.6. The monoisotopic (exact) mass is 280 g/mol. The molecule has 0 saturated heterocycles. The van der Waals surface area contributed by atoms with E-state index in [-0.39, 0.29) is 0 Å². The lowest BCUT2D eigenvalue weighted by Gasteiger charge is -2.11. The molecule has 1 atom stereocenters. The highest BCUT2D eigenvalue weighted by Gasteiger charge is 2.14. The molecule has 0 bridgehead atoms. The first kappa shape index (κ1) is 13.7. The van der Waals surface area contributed by atoms with E-state index in [1.165, 1.54) is 23.1 Å². The zero-order valence-corrected chi connectivity index (χ0v) is 11.2. The Morgan fingerprint density at radius 3 is 2.81 bits per heavy atom. The van der Waals surface area contributed by atoms with Crippen molar-refractivity contribution < 1.29 is 13.0 Å². The Balaban J connectivity index is 2.66. The standard InChI is InChI=1S/C8H12N2O3S3/c1-6(10-16(11,12)13)15-8(9-2)7-4-3-5-14-7/h3-6,10H,1-2H3,(H,11,12,13). The normalized spacial score (nSPS) is 15.1. The van der Waals surface area contributed by atoms with Gasteiger partial charge >= 0.3 is 10.3 Å². The molecule has 1 aromatic rings. The van der Waals surface area contributed by atoms with Gasteiger partial charge in [0.2, 0.25) is 0 Å². The number of nitrogens with zero attached hydrogens (tertiary/aromatic N) is 1. The van der Waals surface area contributed by atoms with Gasteiger partial charge in [-0.1, -0.05) is 17.8 Å². The highest BCUT2D eigenvalue weighted by Crippen LogP contribution is 2.21. The van der Waals surface area contributed by atoms with Gasteiger partial charge in [-0.25, -0.2) is 0 Å². The summed E-state index contributed by atoms with van der Waals surface area (Å²) < 4.78 is 31.9. The molecule has 0 saturated carbocycles. The van der Waals surface area contributed by atoms with Crippen molar-refractivity contribution in [2.75, 3.05) is 7.05 Å². The average Bonchev–Trinajstić information content (AvgIpc) is 2.63. The van der Waals surface area contributed by atoms with Crippen LogP contribution >= 0.6 is 23.1 Å². The molecule has 5 nitrogen and oxygen atoms in total. The van der Waals surface area contributed by atoms with Crippen LogP contribution in [0.4, 0.5) is 0 Å². The minimum Gasteiger partial charge on any atom is -0.280 e. The Labute approximate surface area is 103 Å². The van der Waals surface area contributed by atoms with Crippen LogP contribution in [0, 0.1) is 0 Å². The van der Waals surface area contributed by atoms with Gasteiger partial charge in [0.1, 0.15) is 5.04 Å². The molecule has 16 heavy (non-hydrogen) atoms. The molecule has 1 unspecified atom stereocenters. The van der Waals surface area contributed by atoms with Crippen LogP contribution in [-0.4, -0.2) is 30.4 Å². The second kappa shape index (κ2) is 5.78. The molecule has 0 spiro atoms. The van der Waals surface area contributed by atoms with Crippen LogP contribution in [0.5, 0.6) is 0 Å². The zero-order chi connectivity index (χ0) is 12.2. The molecule has 90 valence electrons. The fourth-order valence-electron chi connectivity index (χ4n) is 1.02. The van der Waals surface area contributed by atoms with Gasteiger partial charge in [-0.15, -0.1) is 11.3 Å². The summed E-state index contributed by atoms with van der Waals surface area (Å²) in [6, 6.07) is 3.80. The summed E-state index contributed by atoms with van der Waals surface area (Å²) in [5.74, 6) is 0. The van der Waals surface area contributed by atoms with Crippen LogP contribution in [0.15, 0.2) is 22.5 Å². The largest absolute Gasteiger partial charge is 0.334 e. The molecule has 0 amide bonds. The van der Waals surface area contributed by atoms with E-state index in [1.54, 1.807) is 14.0 Å². The summed E-state index contributed by atoms with van der Waals surface area (Å²) in [7, 11) is -2.53. The SMILES string of the molecule is CN=C(SC(C)NS(=O)(=O)O)c1cccs1. The summed E-state index contributed by atoms with van der Waals surface area (Å²) in [4.78, 5) is 5.04. The van der Waals surface area contributed by atoms with Crippen molar-refractivity contribution in [2.24, 2.45) is 4.99 Å². The quantitative estimate of drug-likeness (QED) is 0.380. The van der Waals surface area contributed by atoms with Crippen molar-refractivity contribution >= 4 is 38.4 Å². The maximum Gasteiger partial charge on any atom is 0.334 e. The van der Waals surface area contributed by atoms with Crippen LogP contribution < -0.4 is 4.72 Å². The van der Waals surface area contributed by atoms with Gasteiger partial charge in [-0.05, 0) is 18.4 Å². The van der Waals surface area contributed by atoms with E-state index in [1.807, 2.05) is 17.5 Å². The summed E-state index contributed by atoms with van der Waals surface area (Å²) in [5.41, 5.74) is 0. The first-order valence-electron chi connectivity index (χ1n) is 4.34. The fraction of sp³-hybridized carbons (Fsp3) is 0.375. The predicted octanol–water partition coefficient (Wildman–Crippen LogP) is 1.60. The Bertz CT molecular complexity index is 453. The lowest BCUT2D eigenvalue weighted by atomic mass is 10.5. The van der Waals surface area contributed by atoms with Crippen molar-refractivity contribution in [3.63, 3.8) is 0 Å². The number of hydrogen-bond donors (Lipinski definition) is 2. The third kappa shape index (κ3) is 4.62.